The van der Waals surface area contributed by atoms with Crippen molar-refractivity contribution in [2.24, 2.45) is 0 Å². The Morgan fingerprint density at radius 1 is 1.59 bits per heavy atom. The molecular weight excluding hydrogens is 214 g/mol. The van der Waals surface area contributed by atoms with E-state index < -0.39 is 0 Å². The molecule has 96 valence electrons. The first-order valence-corrected chi connectivity index (χ1v) is 6.23. The Hall–Kier alpha value is -0.820. The molecule has 1 heterocycles. The van der Waals surface area contributed by atoms with Gasteiger partial charge in [-0.2, -0.15) is 0 Å². The summed E-state index contributed by atoms with van der Waals surface area (Å²) in [5.41, 5.74) is 0. The molecule has 0 aliphatic carbocycles. The molecule has 1 aliphatic heterocycles. The molecule has 3 nitrogen and oxygen atoms in total. The lowest BCUT2D eigenvalue weighted by Gasteiger charge is -2.34. The topological polar surface area (TPSA) is 21.7 Å². The summed E-state index contributed by atoms with van der Waals surface area (Å²) in [5.74, 6) is 2.66. The molecule has 17 heavy (non-hydrogen) atoms. The van der Waals surface area contributed by atoms with Crippen molar-refractivity contribution in [2.45, 2.75) is 38.6 Å². The van der Waals surface area contributed by atoms with E-state index in [2.05, 4.69) is 31.2 Å². The van der Waals surface area contributed by atoms with Gasteiger partial charge in [0, 0.05) is 26.2 Å². The molecule has 1 aliphatic rings. The van der Waals surface area contributed by atoms with E-state index in [0.717, 1.165) is 32.7 Å². The summed E-state index contributed by atoms with van der Waals surface area (Å²) in [7, 11) is 0. The lowest BCUT2D eigenvalue weighted by molar-refractivity contribution is -0.0397. The number of hydrogen-bond donors (Lipinski definition) is 0. The highest BCUT2D eigenvalue weighted by atomic mass is 16.5. The van der Waals surface area contributed by atoms with Crippen LogP contribution in [0.25, 0.3) is 0 Å². The zero-order valence-electron chi connectivity index (χ0n) is 10.9. The molecule has 1 fully saturated rings. The van der Waals surface area contributed by atoms with E-state index in [-0.39, 0.29) is 12.2 Å². The number of nitrogens with zero attached hydrogens (tertiary/aromatic N) is 1. The van der Waals surface area contributed by atoms with E-state index in [0.29, 0.717) is 6.10 Å². The van der Waals surface area contributed by atoms with Crippen LogP contribution in [0.2, 0.25) is 0 Å². The van der Waals surface area contributed by atoms with E-state index >= 15 is 0 Å². The Labute approximate surface area is 105 Å². The summed E-state index contributed by atoms with van der Waals surface area (Å²) in [4.78, 5) is 2.32. The molecule has 1 saturated heterocycles. The molecular formula is C14H23NO2. The van der Waals surface area contributed by atoms with Gasteiger partial charge in [0.05, 0.1) is 12.2 Å². The fourth-order valence-corrected chi connectivity index (χ4v) is 1.87. The van der Waals surface area contributed by atoms with Crippen LogP contribution in [0.4, 0.5) is 0 Å². The third-order valence-corrected chi connectivity index (χ3v) is 2.72. The van der Waals surface area contributed by atoms with Crippen LogP contribution in [0.1, 0.15) is 20.3 Å². The van der Waals surface area contributed by atoms with Crippen molar-refractivity contribution in [2.75, 3.05) is 26.2 Å². The molecule has 0 amide bonds. The summed E-state index contributed by atoms with van der Waals surface area (Å²) < 4.78 is 11.2. The smallest absolute Gasteiger partial charge is 0.131 e. The van der Waals surface area contributed by atoms with Crippen molar-refractivity contribution in [1.82, 2.24) is 4.90 Å². The van der Waals surface area contributed by atoms with Crippen molar-refractivity contribution < 1.29 is 9.47 Å². The lowest BCUT2D eigenvalue weighted by atomic mass is 10.2. The van der Waals surface area contributed by atoms with Crippen molar-refractivity contribution in [3.8, 4) is 12.3 Å². The summed E-state index contributed by atoms with van der Waals surface area (Å²) in [5, 5.41) is 0. The van der Waals surface area contributed by atoms with Crippen molar-refractivity contribution >= 4 is 0 Å². The SMILES string of the molecule is C#C[C@@H]1CN(CCCOC(C)C)C[C@H](C=C)O1. The Morgan fingerprint density at radius 3 is 2.94 bits per heavy atom. The minimum Gasteiger partial charge on any atom is -0.379 e. The van der Waals surface area contributed by atoms with Crippen LogP contribution in [0.3, 0.4) is 0 Å². The van der Waals surface area contributed by atoms with Crippen LogP contribution in [-0.2, 0) is 9.47 Å². The molecule has 0 unspecified atom stereocenters. The molecule has 0 N–H and O–H groups in total. The third-order valence-electron chi connectivity index (χ3n) is 2.72. The van der Waals surface area contributed by atoms with Crippen LogP contribution in [0.15, 0.2) is 12.7 Å². The number of ether oxygens (including phenoxy) is 2. The zero-order chi connectivity index (χ0) is 12.7. The normalized spacial score (nSPS) is 25.8. The van der Waals surface area contributed by atoms with Crippen LogP contribution in [0, 0.1) is 12.3 Å². The molecule has 1 rings (SSSR count). The number of rotatable bonds is 6. The predicted molar refractivity (Wildman–Crippen MR) is 69.8 cm³/mol. The zero-order valence-corrected chi connectivity index (χ0v) is 10.9. The van der Waals surface area contributed by atoms with Gasteiger partial charge in [0.25, 0.3) is 0 Å². The molecule has 3 heteroatoms. The fraction of sp³-hybridized carbons (Fsp3) is 0.714. The molecule has 0 spiro atoms. The van der Waals surface area contributed by atoms with Gasteiger partial charge in [0.2, 0.25) is 0 Å². The number of morpholine rings is 1. The summed E-state index contributed by atoms with van der Waals surface area (Å²) in [6.45, 7) is 11.4. The van der Waals surface area contributed by atoms with Crippen LogP contribution in [0.5, 0.6) is 0 Å². The lowest BCUT2D eigenvalue weighted by Crippen LogP contribution is -2.46. The largest absolute Gasteiger partial charge is 0.379 e. The maximum absolute atomic E-state index is 5.63. The van der Waals surface area contributed by atoms with Gasteiger partial charge < -0.3 is 9.47 Å². The summed E-state index contributed by atoms with van der Waals surface area (Å²) in [6, 6.07) is 0. The minimum atomic E-state index is -0.113. The molecule has 0 aromatic carbocycles. The van der Waals surface area contributed by atoms with Gasteiger partial charge in [-0.05, 0) is 20.3 Å². The van der Waals surface area contributed by atoms with Gasteiger partial charge >= 0.3 is 0 Å². The van der Waals surface area contributed by atoms with E-state index in [4.69, 9.17) is 15.9 Å². The number of hydrogen-bond acceptors (Lipinski definition) is 3. The molecule has 0 aromatic rings. The average Bonchev–Trinajstić information content (AvgIpc) is 2.34. The maximum atomic E-state index is 5.63. The van der Waals surface area contributed by atoms with Gasteiger partial charge in [-0.1, -0.05) is 12.0 Å². The number of terminal acetylenes is 1. The molecule has 0 saturated carbocycles. The van der Waals surface area contributed by atoms with Gasteiger partial charge in [0.1, 0.15) is 6.10 Å². The molecule has 0 radical (unpaired) electrons. The second kappa shape index (κ2) is 7.50. The minimum absolute atomic E-state index is 0.0517. The average molecular weight is 237 g/mol. The predicted octanol–water partition coefficient (Wildman–Crippen LogP) is 1.69. The Bertz CT molecular complexity index is 270. The standard InChI is InChI=1S/C14H23NO2/c1-5-13-10-15(11-14(6-2)17-13)8-7-9-16-12(3)4/h1,6,12-14H,2,7-11H2,3-4H3/t13-,14+/m1/s1. The molecule has 0 aromatic heterocycles. The van der Waals surface area contributed by atoms with Crippen molar-refractivity contribution in [3.05, 3.63) is 12.7 Å². The first-order chi connectivity index (χ1) is 8.15. The van der Waals surface area contributed by atoms with Gasteiger partial charge in [-0.25, -0.2) is 0 Å². The van der Waals surface area contributed by atoms with E-state index in [9.17, 15) is 0 Å². The van der Waals surface area contributed by atoms with Crippen LogP contribution in [-0.4, -0.2) is 49.5 Å². The van der Waals surface area contributed by atoms with E-state index in [1.807, 2.05) is 6.08 Å². The van der Waals surface area contributed by atoms with E-state index in [1.165, 1.54) is 0 Å². The highest BCUT2D eigenvalue weighted by molar-refractivity contribution is 5.01. The Morgan fingerprint density at radius 2 is 2.35 bits per heavy atom. The summed E-state index contributed by atoms with van der Waals surface area (Å²) in [6.07, 6.45) is 8.51. The first kappa shape index (κ1) is 14.2. The quantitative estimate of drug-likeness (QED) is 0.399. The Kier molecular flexibility index (Phi) is 6.28. The van der Waals surface area contributed by atoms with E-state index in [1.54, 1.807) is 0 Å². The monoisotopic (exact) mass is 237 g/mol. The van der Waals surface area contributed by atoms with Gasteiger partial charge in [0.15, 0.2) is 0 Å². The maximum Gasteiger partial charge on any atom is 0.131 e. The third kappa shape index (κ3) is 5.36. The van der Waals surface area contributed by atoms with Gasteiger partial charge in [-0.3, -0.25) is 4.90 Å². The fourth-order valence-electron chi connectivity index (χ4n) is 1.87. The van der Waals surface area contributed by atoms with Crippen LogP contribution >= 0.6 is 0 Å². The first-order valence-electron chi connectivity index (χ1n) is 6.23. The second-order valence-corrected chi connectivity index (χ2v) is 4.60. The van der Waals surface area contributed by atoms with Crippen LogP contribution < -0.4 is 0 Å². The van der Waals surface area contributed by atoms with Gasteiger partial charge in [-0.15, -0.1) is 13.0 Å². The van der Waals surface area contributed by atoms with Crippen molar-refractivity contribution in [3.63, 3.8) is 0 Å². The molecule has 0 bridgehead atoms. The molecule has 2 atom stereocenters. The second-order valence-electron chi connectivity index (χ2n) is 4.60. The highest BCUT2D eigenvalue weighted by Crippen LogP contribution is 2.12. The van der Waals surface area contributed by atoms with Crippen molar-refractivity contribution in [1.29, 1.82) is 0 Å². The Balaban J connectivity index is 2.27. The highest BCUT2D eigenvalue weighted by Gasteiger charge is 2.24. The summed E-state index contributed by atoms with van der Waals surface area (Å²) >= 11 is 0.